The number of hydrogen-bond donors (Lipinski definition) is 2. The van der Waals surface area contributed by atoms with Crippen molar-refractivity contribution in [3.63, 3.8) is 0 Å². The lowest BCUT2D eigenvalue weighted by molar-refractivity contribution is -0.137. The lowest BCUT2D eigenvalue weighted by Crippen LogP contribution is -2.05. The minimum atomic E-state index is -4.37. The standard InChI is InChI=1S/C16H13F3N4S/c1-20-14-7-10(5-6-21-14)13-9-24-15(23-13)22-12-4-2-3-11(8-12)16(17,18)19/h2-9H,1H3,(H,20,21)(H,22,23). The molecule has 0 aliphatic rings. The van der Waals surface area contributed by atoms with Gasteiger partial charge < -0.3 is 10.6 Å². The molecule has 0 aliphatic heterocycles. The summed E-state index contributed by atoms with van der Waals surface area (Å²) < 4.78 is 38.3. The number of anilines is 3. The first-order valence-electron chi connectivity index (χ1n) is 7.00. The van der Waals surface area contributed by atoms with Gasteiger partial charge in [0, 0.05) is 29.9 Å². The Kier molecular flexibility index (Phi) is 4.39. The van der Waals surface area contributed by atoms with Crippen LogP contribution in [-0.2, 0) is 6.18 Å². The zero-order chi connectivity index (χ0) is 17.2. The molecule has 0 spiro atoms. The maximum Gasteiger partial charge on any atom is 0.416 e. The molecule has 0 amide bonds. The van der Waals surface area contributed by atoms with Crippen LogP contribution in [0.5, 0.6) is 0 Å². The van der Waals surface area contributed by atoms with Gasteiger partial charge in [0.1, 0.15) is 5.82 Å². The lowest BCUT2D eigenvalue weighted by Gasteiger charge is -2.09. The summed E-state index contributed by atoms with van der Waals surface area (Å²) in [5.41, 5.74) is 1.25. The lowest BCUT2D eigenvalue weighted by atomic mass is 10.2. The number of rotatable bonds is 4. The fourth-order valence-corrected chi connectivity index (χ4v) is 2.83. The minimum Gasteiger partial charge on any atom is -0.373 e. The van der Waals surface area contributed by atoms with Gasteiger partial charge in [-0.05, 0) is 30.3 Å². The van der Waals surface area contributed by atoms with Crippen LogP contribution in [0.15, 0.2) is 48.0 Å². The van der Waals surface area contributed by atoms with E-state index in [-0.39, 0.29) is 0 Å². The summed E-state index contributed by atoms with van der Waals surface area (Å²) in [5.74, 6) is 0.716. The van der Waals surface area contributed by atoms with Crippen LogP contribution in [0.3, 0.4) is 0 Å². The maximum absolute atomic E-state index is 12.8. The van der Waals surface area contributed by atoms with Crippen molar-refractivity contribution in [1.29, 1.82) is 0 Å². The summed E-state index contributed by atoms with van der Waals surface area (Å²) in [5, 5.41) is 8.22. The van der Waals surface area contributed by atoms with E-state index in [4.69, 9.17) is 0 Å². The Morgan fingerprint density at radius 3 is 2.71 bits per heavy atom. The Labute approximate surface area is 140 Å². The second-order valence-corrected chi connectivity index (χ2v) is 5.78. The van der Waals surface area contributed by atoms with Crippen LogP contribution >= 0.6 is 11.3 Å². The second-order valence-electron chi connectivity index (χ2n) is 4.92. The number of benzene rings is 1. The number of thiazole rings is 1. The molecule has 124 valence electrons. The van der Waals surface area contributed by atoms with Crippen LogP contribution in [0, 0.1) is 0 Å². The Bertz CT molecular complexity index is 845. The normalized spacial score (nSPS) is 11.3. The van der Waals surface area contributed by atoms with Crippen LogP contribution in [0.1, 0.15) is 5.56 Å². The molecule has 3 rings (SSSR count). The third-order valence-electron chi connectivity index (χ3n) is 3.26. The number of nitrogens with zero attached hydrogens (tertiary/aromatic N) is 2. The van der Waals surface area contributed by atoms with Gasteiger partial charge in [0.05, 0.1) is 11.3 Å². The number of alkyl halides is 3. The van der Waals surface area contributed by atoms with Gasteiger partial charge in [-0.1, -0.05) is 6.07 Å². The third-order valence-corrected chi connectivity index (χ3v) is 4.01. The molecule has 0 unspecified atom stereocenters. The van der Waals surface area contributed by atoms with Crippen LogP contribution in [0.25, 0.3) is 11.3 Å². The van der Waals surface area contributed by atoms with Crippen molar-refractivity contribution in [2.24, 2.45) is 0 Å². The first-order chi connectivity index (χ1) is 11.5. The van der Waals surface area contributed by atoms with Gasteiger partial charge in [-0.2, -0.15) is 13.2 Å². The van der Waals surface area contributed by atoms with Gasteiger partial charge in [0.25, 0.3) is 0 Å². The van der Waals surface area contributed by atoms with Crippen LogP contribution in [0.4, 0.5) is 29.8 Å². The molecule has 2 aromatic heterocycles. The largest absolute Gasteiger partial charge is 0.416 e. The van der Waals surface area contributed by atoms with Gasteiger partial charge in [-0.25, -0.2) is 9.97 Å². The summed E-state index contributed by atoms with van der Waals surface area (Å²) >= 11 is 1.32. The van der Waals surface area contributed by atoms with E-state index in [0.29, 0.717) is 16.6 Å². The third kappa shape index (κ3) is 3.65. The van der Waals surface area contributed by atoms with E-state index in [9.17, 15) is 13.2 Å². The van der Waals surface area contributed by atoms with E-state index in [1.54, 1.807) is 19.3 Å². The minimum absolute atomic E-state index is 0.344. The molecule has 0 saturated heterocycles. The number of aromatic nitrogens is 2. The van der Waals surface area contributed by atoms with Crippen molar-refractivity contribution >= 4 is 28.0 Å². The van der Waals surface area contributed by atoms with E-state index < -0.39 is 11.7 Å². The average molecular weight is 350 g/mol. The number of halogens is 3. The highest BCUT2D eigenvalue weighted by Gasteiger charge is 2.30. The molecule has 0 saturated carbocycles. The molecule has 0 fully saturated rings. The van der Waals surface area contributed by atoms with Gasteiger partial charge in [0.2, 0.25) is 0 Å². The molecule has 2 N–H and O–H groups in total. The quantitative estimate of drug-likeness (QED) is 0.694. The Hall–Kier alpha value is -2.61. The average Bonchev–Trinajstić information content (AvgIpc) is 3.03. The van der Waals surface area contributed by atoms with Crippen molar-refractivity contribution in [1.82, 2.24) is 9.97 Å². The summed E-state index contributed by atoms with van der Waals surface area (Å²) in [4.78, 5) is 8.55. The van der Waals surface area contributed by atoms with Crippen LogP contribution < -0.4 is 10.6 Å². The van der Waals surface area contributed by atoms with Crippen LogP contribution in [-0.4, -0.2) is 17.0 Å². The Morgan fingerprint density at radius 1 is 1.12 bits per heavy atom. The molecule has 8 heteroatoms. The number of nitrogens with one attached hydrogen (secondary N) is 2. The van der Waals surface area contributed by atoms with E-state index in [2.05, 4.69) is 20.6 Å². The van der Waals surface area contributed by atoms with E-state index in [1.807, 2.05) is 17.5 Å². The highest BCUT2D eigenvalue weighted by molar-refractivity contribution is 7.14. The van der Waals surface area contributed by atoms with Gasteiger partial charge >= 0.3 is 6.18 Å². The van der Waals surface area contributed by atoms with Crippen molar-refractivity contribution in [2.45, 2.75) is 6.18 Å². The first-order valence-corrected chi connectivity index (χ1v) is 7.87. The van der Waals surface area contributed by atoms with E-state index >= 15 is 0 Å². The summed E-state index contributed by atoms with van der Waals surface area (Å²) in [7, 11) is 1.77. The highest BCUT2D eigenvalue weighted by atomic mass is 32.1. The molecule has 0 atom stereocenters. The first kappa shape index (κ1) is 16.3. The van der Waals surface area contributed by atoms with E-state index in [1.165, 1.54) is 17.4 Å². The SMILES string of the molecule is CNc1cc(-c2csc(Nc3cccc(C(F)(F)F)c3)n2)ccn1. The Morgan fingerprint density at radius 2 is 1.96 bits per heavy atom. The fourth-order valence-electron chi connectivity index (χ4n) is 2.09. The molecule has 4 nitrogen and oxygen atoms in total. The zero-order valence-corrected chi connectivity index (χ0v) is 13.4. The van der Waals surface area contributed by atoms with Gasteiger partial charge in [-0.15, -0.1) is 11.3 Å². The topological polar surface area (TPSA) is 49.8 Å². The second kappa shape index (κ2) is 6.48. The molecule has 0 bridgehead atoms. The summed E-state index contributed by atoms with van der Waals surface area (Å²) in [6.07, 6.45) is -2.70. The smallest absolute Gasteiger partial charge is 0.373 e. The molecular formula is C16H13F3N4S. The number of pyridine rings is 1. The predicted octanol–water partition coefficient (Wildman–Crippen LogP) is 5.01. The monoisotopic (exact) mass is 350 g/mol. The summed E-state index contributed by atoms with van der Waals surface area (Å²) in [6, 6.07) is 8.71. The molecule has 0 radical (unpaired) electrons. The van der Waals surface area contributed by atoms with Gasteiger partial charge in [0.15, 0.2) is 5.13 Å². The predicted molar refractivity (Wildman–Crippen MR) is 89.6 cm³/mol. The molecule has 2 heterocycles. The molecule has 3 aromatic rings. The molecule has 24 heavy (non-hydrogen) atoms. The van der Waals surface area contributed by atoms with Gasteiger partial charge in [-0.3, -0.25) is 0 Å². The maximum atomic E-state index is 12.8. The number of hydrogen-bond acceptors (Lipinski definition) is 5. The van der Waals surface area contributed by atoms with Crippen molar-refractivity contribution < 1.29 is 13.2 Å². The van der Waals surface area contributed by atoms with Crippen molar-refractivity contribution in [2.75, 3.05) is 17.7 Å². The van der Waals surface area contributed by atoms with Crippen molar-refractivity contribution in [3.05, 3.63) is 53.5 Å². The van der Waals surface area contributed by atoms with Crippen LogP contribution in [0.2, 0.25) is 0 Å². The zero-order valence-electron chi connectivity index (χ0n) is 12.6. The molecule has 0 aliphatic carbocycles. The fraction of sp³-hybridized carbons (Fsp3) is 0.125. The van der Waals surface area contributed by atoms with E-state index in [0.717, 1.165) is 23.4 Å². The molecule has 1 aromatic carbocycles. The Balaban J connectivity index is 1.81. The summed E-state index contributed by atoms with van der Waals surface area (Å²) in [6.45, 7) is 0. The highest BCUT2D eigenvalue weighted by Crippen LogP contribution is 2.32. The molecular weight excluding hydrogens is 337 g/mol. The van der Waals surface area contributed by atoms with Crippen molar-refractivity contribution in [3.8, 4) is 11.3 Å².